The van der Waals surface area contributed by atoms with E-state index in [1.54, 1.807) is 26.4 Å². The summed E-state index contributed by atoms with van der Waals surface area (Å²) < 4.78 is 22.5. The van der Waals surface area contributed by atoms with Crippen molar-refractivity contribution in [3.8, 4) is 29.1 Å². The number of carbonyl (C=O) groups is 1. The number of fused-ring (bicyclic) bond motifs is 6. The molecule has 0 aliphatic carbocycles. The fraction of sp³-hybridized carbons (Fsp3) is 0.280. The molecule has 2 aromatic carbocycles. The summed E-state index contributed by atoms with van der Waals surface area (Å²) in [6.07, 6.45) is 2.53. The molecule has 0 fully saturated rings. The van der Waals surface area contributed by atoms with Crippen LogP contribution in [0.25, 0.3) is 5.70 Å². The Bertz CT molecular complexity index is 1370. The number of nitrogens with two attached hydrogens (primary N) is 1. The Kier molecular flexibility index (Phi) is 4.23. The number of ether oxygens (including phenoxy) is 4. The van der Waals surface area contributed by atoms with E-state index in [1.807, 2.05) is 23.1 Å². The Morgan fingerprint density at radius 3 is 2.53 bits per heavy atom. The quantitative estimate of drug-likeness (QED) is 0.704. The second-order valence-electron chi connectivity index (χ2n) is 8.47. The van der Waals surface area contributed by atoms with Gasteiger partial charge in [0.25, 0.3) is 0 Å². The van der Waals surface area contributed by atoms with Crippen molar-refractivity contribution in [3.63, 3.8) is 0 Å². The molecule has 9 nitrogen and oxygen atoms in total. The summed E-state index contributed by atoms with van der Waals surface area (Å²) in [5.74, 6) is 2.22. The van der Waals surface area contributed by atoms with Crippen molar-refractivity contribution in [2.45, 2.75) is 11.8 Å². The summed E-state index contributed by atoms with van der Waals surface area (Å²) in [5, 5.41) is 13.1. The highest BCUT2D eigenvalue weighted by Crippen LogP contribution is 2.53. The maximum absolute atomic E-state index is 13.6. The number of nitrogens with zero attached hydrogens (tertiary/aromatic N) is 2. The van der Waals surface area contributed by atoms with Crippen molar-refractivity contribution in [1.82, 2.24) is 4.90 Å². The summed E-state index contributed by atoms with van der Waals surface area (Å²) in [6.45, 7) is 1.41. The number of carbonyl (C=O) groups excluding carboxylic acids is 1. The maximum atomic E-state index is 13.6. The molecule has 0 saturated heterocycles. The van der Waals surface area contributed by atoms with Crippen molar-refractivity contribution >= 4 is 17.3 Å². The Hall–Kier alpha value is -4.32. The molecule has 172 valence electrons. The van der Waals surface area contributed by atoms with Crippen LogP contribution in [-0.2, 0) is 16.6 Å². The molecule has 4 aliphatic heterocycles. The van der Waals surface area contributed by atoms with Crippen LogP contribution in [0.2, 0.25) is 0 Å². The number of methoxy groups -OCH3 is 2. The van der Waals surface area contributed by atoms with Crippen LogP contribution in [0.3, 0.4) is 0 Å². The van der Waals surface area contributed by atoms with Gasteiger partial charge >= 0.3 is 0 Å². The first-order valence-electron chi connectivity index (χ1n) is 10.9. The number of rotatable bonds is 2. The van der Waals surface area contributed by atoms with Gasteiger partial charge in [0.05, 0.1) is 19.8 Å². The Labute approximate surface area is 195 Å². The molecule has 0 radical (unpaired) electrons. The van der Waals surface area contributed by atoms with Gasteiger partial charge in [-0.3, -0.25) is 4.79 Å². The Morgan fingerprint density at radius 2 is 1.82 bits per heavy atom. The van der Waals surface area contributed by atoms with Gasteiger partial charge in [0.2, 0.25) is 5.91 Å². The van der Waals surface area contributed by atoms with Gasteiger partial charge in [0.15, 0.2) is 23.0 Å². The third kappa shape index (κ3) is 2.51. The maximum Gasteiger partial charge on any atom is 0.244 e. The minimum atomic E-state index is -1.39. The van der Waals surface area contributed by atoms with Gasteiger partial charge in [-0.2, -0.15) is 5.26 Å². The molecular weight excluding hydrogens is 436 g/mol. The monoisotopic (exact) mass is 458 g/mol. The average Bonchev–Trinajstić information content (AvgIpc) is 3.12. The van der Waals surface area contributed by atoms with E-state index in [-0.39, 0.29) is 17.3 Å². The molecule has 2 aromatic rings. The molecule has 1 spiro atoms. The SMILES string of the molecule is COc1cc2c(cc1OC)C1=C[C@@]3(C(=O)Nc4cc5c(cc43)OCCO5)C(C#N)=C(N)N1CC2. The van der Waals surface area contributed by atoms with Crippen LogP contribution in [-0.4, -0.2) is 44.8 Å². The predicted molar refractivity (Wildman–Crippen MR) is 122 cm³/mol. The molecule has 0 aromatic heterocycles. The van der Waals surface area contributed by atoms with Crippen LogP contribution in [0.15, 0.2) is 41.7 Å². The lowest BCUT2D eigenvalue weighted by Gasteiger charge is -2.41. The molecule has 0 bridgehead atoms. The fourth-order valence-electron chi connectivity index (χ4n) is 5.28. The minimum absolute atomic E-state index is 0.188. The fourth-order valence-corrected chi connectivity index (χ4v) is 5.28. The zero-order valence-electron chi connectivity index (χ0n) is 18.7. The number of hydrogen-bond acceptors (Lipinski definition) is 8. The molecule has 9 heteroatoms. The molecule has 0 saturated carbocycles. The van der Waals surface area contributed by atoms with Crippen LogP contribution >= 0.6 is 0 Å². The zero-order chi connectivity index (χ0) is 23.6. The van der Waals surface area contributed by atoms with Crippen LogP contribution in [0.5, 0.6) is 23.0 Å². The highest BCUT2D eigenvalue weighted by molar-refractivity contribution is 6.12. The zero-order valence-corrected chi connectivity index (χ0v) is 18.7. The molecule has 34 heavy (non-hydrogen) atoms. The van der Waals surface area contributed by atoms with Gasteiger partial charge in [-0.15, -0.1) is 0 Å². The van der Waals surface area contributed by atoms with Gasteiger partial charge in [-0.05, 0) is 36.3 Å². The Morgan fingerprint density at radius 1 is 1.12 bits per heavy atom. The number of nitriles is 1. The average molecular weight is 458 g/mol. The van der Waals surface area contributed by atoms with Crippen LogP contribution in [0.4, 0.5) is 5.69 Å². The molecular formula is C25H22N4O5. The van der Waals surface area contributed by atoms with E-state index in [9.17, 15) is 10.1 Å². The lowest BCUT2D eigenvalue weighted by Crippen LogP contribution is -2.45. The number of amides is 1. The van der Waals surface area contributed by atoms with Crippen LogP contribution in [0, 0.1) is 11.3 Å². The van der Waals surface area contributed by atoms with Crippen molar-refractivity contribution in [3.05, 3.63) is 58.4 Å². The normalized spacial score (nSPS) is 21.7. The first-order chi connectivity index (χ1) is 16.5. The largest absolute Gasteiger partial charge is 0.493 e. The highest BCUT2D eigenvalue weighted by Gasteiger charge is 2.54. The van der Waals surface area contributed by atoms with E-state index in [0.29, 0.717) is 60.4 Å². The van der Waals surface area contributed by atoms with Crippen molar-refractivity contribution in [1.29, 1.82) is 5.26 Å². The summed E-state index contributed by atoms with van der Waals surface area (Å²) in [7, 11) is 3.18. The molecule has 4 aliphatic rings. The van der Waals surface area contributed by atoms with Gasteiger partial charge in [0, 0.05) is 35.1 Å². The van der Waals surface area contributed by atoms with Crippen LogP contribution in [0.1, 0.15) is 16.7 Å². The second kappa shape index (κ2) is 7.09. The van der Waals surface area contributed by atoms with Crippen molar-refractivity contribution < 1.29 is 23.7 Å². The smallest absolute Gasteiger partial charge is 0.244 e. The van der Waals surface area contributed by atoms with Crippen molar-refractivity contribution in [2.24, 2.45) is 5.73 Å². The third-order valence-electron chi connectivity index (χ3n) is 6.90. The molecule has 4 heterocycles. The van der Waals surface area contributed by atoms with Gasteiger partial charge < -0.3 is 34.9 Å². The highest BCUT2D eigenvalue weighted by atomic mass is 16.6. The predicted octanol–water partition coefficient (Wildman–Crippen LogP) is 2.27. The van der Waals surface area contributed by atoms with Crippen molar-refractivity contribution in [2.75, 3.05) is 39.3 Å². The molecule has 1 atom stereocenters. The van der Waals surface area contributed by atoms with E-state index >= 15 is 0 Å². The van der Waals surface area contributed by atoms with E-state index in [2.05, 4.69) is 11.4 Å². The van der Waals surface area contributed by atoms with E-state index in [4.69, 9.17) is 24.7 Å². The number of nitrogens with one attached hydrogen (secondary N) is 1. The Balaban J connectivity index is 1.62. The summed E-state index contributed by atoms with van der Waals surface area (Å²) in [4.78, 5) is 15.5. The lowest BCUT2D eigenvalue weighted by molar-refractivity contribution is -0.118. The van der Waals surface area contributed by atoms with Gasteiger partial charge in [0.1, 0.15) is 30.5 Å². The minimum Gasteiger partial charge on any atom is -0.493 e. The summed E-state index contributed by atoms with van der Waals surface area (Å²) in [6, 6.07) is 9.59. The standard InChI is InChI=1S/C25H22N4O5/c1-31-19-7-13-3-4-29-18(14(13)8-20(19)32-2)11-25(16(12-26)23(29)27)15-9-21-22(34-6-5-33-21)10-17(15)28-24(25)30/h7-11H,3-6,27H2,1-2H3,(H,28,30)/t25-/m0/s1. The lowest BCUT2D eigenvalue weighted by atomic mass is 9.71. The molecule has 6 rings (SSSR count). The van der Waals surface area contributed by atoms with E-state index < -0.39 is 5.41 Å². The summed E-state index contributed by atoms with van der Waals surface area (Å²) >= 11 is 0. The second-order valence-corrected chi connectivity index (χ2v) is 8.47. The molecule has 3 N–H and O–H groups in total. The first kappa shape index (κ1) is 20.3. The third-order valence-corrected chi connectivity index (χ3v) is 6.90. The number of anilines is 1. The van der Waals surface area contributed by atoms with Crippen LogP contribution < -0.4 is 30.0 Å². The molecule has 0 unspecified atom stereocenters. The topological polar surface area (TPSA) is 119 Å². The van der Waals surface area contributed by atoms with Gasteiger partial charge in [-0.25, -0.2) is 0 Å². The number of benzene rings is 2. The van der Waals surface area contributed by atoms with E-state index in [0.717, 1.165) is 16.8 Å². The van der Waals surface area contributed by atoms with Gasteiger partial charge in [-0.1, -0.05) is 0 Å². The summed E-state index contributed by atoms with van der Waals surface area (Å²) in [5.41, 5.74) is 9.24. The van der Waals surface area contributed by atoms with E-state index in [1.165, 1.54) is 0 Å². The first-order valence-corrected chi connectivity index (χ1v) is 10.9. The molecule has 1 amide bonds. The number of hydrogen-bond donors (Lipinski definition) is 2.